The standard InChI is InChI=1S/C18H22N2O2S/c1-5-15-18(23-10-19-15)20-17(22)12(4)13-6-8-14(9-7-13)16(21)11(2)3/h6-12H,5H2,1-4H3,(H,20,22)/t12-/m1/s1. The molecule has 0 spiro atoms. The van der Waals surface area contributed by atoms with Crippen molar-refractivity contribution < 1.29 is 9.59 Å². The number of nitrogens with zero attached hydrogens (tertiary/aromatic N) is 1. The summed E-state index contributed by atoms with van der Waals surface area (Å²) in [4.78, 5) is 28.6. The summed E-state index contributed by atoms with van der Waals surface area (Å²) in [5, 5.41) is 3.76. The van der Waals surface area contributed by atoms with Crippen molar-refractivity contribution in [1.82, 2.24) is 4.98 Å². The second kappa shape index (κ2) is 7.51. The summed E-state index contributed by atoms with van der Waals surface area (Å²) < 4.78 is 0. The highest BCUT2D eigenvalue weighted by molar-refractivity contribution is 7.14. The monoisotopic (exact) mass is 330 g/mol. The van der Waals surface area contributed by atoms with E-state index in [9.17, 15) is 9.59 Å². The Kier molecular flexibility index (Phi) is 5.66. The van der Waals surface area contributed by atoms with E-state index in [-0.39, 0.29) is 23.5 Å². The van der Waals surface area contributed by atoms with Crippen LogP contribution in [0.5, 0.6) is 0 Å². The van der Waals surface area contributed by atoms with Gasteiger partial charge in [-0.25, -0.2) is 4.98 Å². The minimum absolute atomic E-state index is 0.0274. The average molecular weight is 330 g/mol. The Morgan fingerprint density at radius 3 is 2.39 bits per heavy atom. The van der Waals surface area contributed by atoms with Gasteiger partial charge in [0.15, 0.2) is 5.78 Å². The number of thiazole rings is 1. The van der Waals surface area contributed by atoms with Gasteiger partial charge >= 0.3 is 0 Å². The molecule has 0 bridgehead atoms. The van der Waals surface area contributed by atoms with Crippen LogP contribution in [0.4, 0.5) is 5.00 Å². The first-order chi connectivity index (χ1) is 10.9. The fraction of sp³-hybridized carbons (Fsp3) is 0.389. The van der Waals surface area contributed by atoms with Crippen molar-refractivity contribution in [2.75, 3.05) is 5.32 Å². The second-order valence-electron chi connectivity index (χ2n) is 5.83. The molecule has 1 atom stereocenters. The average Bonchev–Trinajstić information content (AvgIpc) is 3.00. The number of hydrogen-bond donors (Lipinski definition) is 1. The van der Waals surface area contributed by atoms with Gasteiger partial charge in [-0.15, -0.1) is 11.3 Å². The van der Waals surface area contributed by atoms with Crippen LogP contribution >= 0.6 is 11.3 Å². The van der Waals surface area contributed by atoms with Crippen LogP contribution < -0.4 is 5.32 Å². The fourth-order valence-corrected chi connectivity index (χ4v) is 3.04. The minimum atomic E-state index is -0.287. The SMILES string of the molecule is CCc1ncsc1NC(=O)[C@H](C)c1ccc(C(=O)C(C)C)cc1. The van der Waals surface area contributed by atoms with Crippen molar-refractivity contribution in [3.8, 4) is 0 Å². The number of Topliss-reactive ketones (excluding diaryl/α,β-unsaturated/α-hetero) is 1. The summed E-state index contributed by atoms with van der Waals surface area (Å²) in [6.45, 7) is 7.64. The van der Waals surface area contributed by atoms with Crippen molar-refractivity contribution in [1.29, 1.82) is 0 Å². The lowest BCUT2D eigenvalue weighted by atomic mass is 9.95. The minimum Gasteiger partial charge on any atom is -0.316 e. The van der Waals surface area contributed by atoms with E-state index in [4.69, 9.17) is 0 Å². The first kappa shape index (κ1) is 17.3. The molecule has 0 aliphatic carbocycles. The van der Waals surface area contributed by atoms with Gasteiger partial charge in [-0.3, -0.25) is 9.59 Å². The second-order valence-corrected chi connectivity index (χ2v) is 6.69. The molecule has 1 N–H and O–H groups in total. The normalized spacial score (nSPS) is 12.2. The molecular weight excluding hydrogens is 308 g/mol. The highest BCUT2D eigenvalue weighted by Crippen LogP contribution is 2.24. The Balaban J connectivity index is 2.09. The Labute approximate surface area is 141 Å². The molecule has 122 valence electrons. The van der Waals surface area contributed by atoms with Crippen molar-refractivity contribution >= 4 is 28.0 Å². The molecule has 1 heterocycles. The summed E-state index contributed by atoms with van der Waals surface area (Å²) in [6.07, 6.45) is 0.791. The smallest absolute Gasteiger partial charge is 0.232 e. The number of hydrogen-bond acceptors (Lipinski definition) is 4. The van der Waals surface area contributed by atoms with Gasteiger partial charge in [0.05, 0.1) is 17.1 Å². The maximum atomic E-state index is 12.4. The molecule has 0 fully saturated rings. The summed E-state index contributed by atoms with van der Waals surface area (Å²) in [6, 6.07) is 7.30. The van der Waals surface area contributed by atoms with E-state index in [0.717, 1.165) is 22.7 Å². The van der Waals surface area contributed by atoms with E-state index in [1.807, 2.05) is 39.8 Å². The van der Waals surface area contributed by atoms with Crippen LogP contribution in [-0.2, 0) is 11.2 Å². The van der Waals surface area contributed by atoms with Gasteiger partial charge in [-0.2, -0.15) is 0 Å². The third-order valence-electron chi connectivity index (χ3n) is 3.83. The third-order valence-corrected chi connectivity index (χ3v) is 4.61. The summed E-state index contributed by atoms with van der Waals surface area (Å²) in [7, 11) is 0. The molecule has 0 saturated carbocycles. The van der Waals surface area contributed by atoms with Crippen LogP contribution in [0.2, 0.25) is 0 Å². The lowest BCUT2D eigenvalue weighted by molar-refractivity contribution is -0.117. The molecule has 0 aliphatic heterocycles. The molecule has 5 heteroatoms. The molecular formula is C18H22N2O2S. The Hall–Kier alpha value is -2.01. The zero-order chi connectivity index (χ0) is 17.0. The molecule has 4 nitrogen and oxygen atoms in total. The van der Waals surface area contributed by atoms with Crippen LogP contribution in [0.3, 0.4) is 0 Å². The van der Waals surface area contributed by atoms with E-state index in [0.29, 0.717) is 5.56 Å². The van der Waals surface area contributed by atoms with E-state index in [2.05, 4.69) is 10.3 Å². The maximum Gasteiger partial charge on any atom is 0.232 e. The van der Waals surface area contributed by atoms with Crippen molar-refractivity contribution in [2.45, 2.75) is 40.0 Å². The highest BCUT2D eigenvalue weighted by Gasteiger charge is 2.18. The van der Waals surface area contributed by atoms with E-state index in [1.54, 1.807) is 17.6 Å². The molecule has 1 aromatic heterocycles. The van der Waals surface area contributed by atoms with Gasteiger partial charge in [-0.05, 0) is 18.9 Å². The number of carbonyl (C=O) groups is 2. The third kappa shape index (κ3) is 4.05. The van der Waals surface area contributed by atoms with Gasteiger partial charge in [0, 0.05) is 11.5 Å². The molecule has 0 radical (unpaired) electrons. The Bertz CT molecular complexity index is 689. The van der Waals surface area contributed by atoms with Crippen LogP contribution in [0.15, 0.2) is 29.8 Å². The molecule has 1 aromatic carbocycles. The van der Waals surface area contributed by atoms with E-state index in [1.165, 1.54) is 11.3 Å². The first-order valence-corrected chi connectivity index (χ1v) is 8.69. The number of ketones is 1. The van der Waals surface area contributed by atoms with Crippen molar-refractivity contribution in [2.24, 2.45) is 5.92 Å². The predicted octanol–water partition coefficient (Wildman–Crippen LogP) is 4.29. The topological polar surface area (TPSA) is 59.1 Å². The van der Waals surface area contributed by atoms with Crippen LogP contribution in [0, 0.1) is 5.92 Å². The number of nitrogens with one attached hydrogen (secondary N) is 1. The van der Waals surface area contributed by atoms with E-state index < -0.39 is 0 Å². The van der Waals surface area contributed by atoms with Gasteiger partial charge < -0.3 is 5.32 Å². The number of anilines is 1. The number of aromatic nitrogens is 1. The zero-order valence-corrected chi connectivity index (χ0v) is 14.7. The number of rotatable bonds is 6. The van der Waals surface area contributed by atoms with Crippen LogP contribution in [-0.4, -0.2) is 16.7 Å². The van der Waals surface area contributed by atoms with Crippen molar-refractivity contribution in [3.63, 3.8) is 0 Å². The first-order valence-electron chi connectivity index (χ1n) is 7.81. The van der Waals surface area contributed by atoms with Crippen LogP contribution in [0.1, 0.15) is 55.2 Å². The molecule has 0 unspecified atom stereocenters. The fourth-order valence-electron chi connectivity index (χ4n) is 2.26. The van der Waals surface area contributed by atoms with Crippen LogP contribution in [0.25, 0.3) is 0 Å². The number of benzene rings is 1. The maximum absolute atomic E-state index is 12.4. The Morgan fingerprint density at radius 1 is 1.17 bits per heavy atom. The van der Waals surface area contributed by atoms with Gasteiger partial charge in [0.1, 0.15) is 5.00 Å². The van der Waals surface area contributed by atoms with Crippen molar-refractivity contribution in [3.05, 3.63) is 46.6 Å². The van der Waals surface area contributed by atoms with Gasteiger partial charge in [-0.1, -0.05) is 45.0 Å². The quantitative estimate of drug-likeness (QED) is 0.804. The number of amides is 1. The van der Waals surface area contributed by atoms with Gasteiger partial charge in [0.25, 0.3) is 0 Å². The zero-order valence-electron chi connectivity index (χ0n) is 13.9. The molecule has 1 amide bonds. The van der Waals surface area contributed by atoms with Gasteiger partial charge in [0.2, 0.25) is 5.91 Å². The number of carbonyl (C=O) groups excluding carboxylic acids is 2. The lowest BCUT2D eigenvalue weighted by Crippen LogP contribution is -2.19. The molecule has 0 aliphatic rings. The molecule has 2 aromatic rings. The summed E-state index contributed by atoms with van der Waals surface area (Å²) in [5.41, 5.74) is 4.23. The Morgan fingerprint density at radius 2 is 1.83 bits per heavy atom. The number of aryl methyl sites for hydroxylation is 1. The summed E-state index contributed by atoms with van der Waals surface area (Å²) in [5.74, 6) is -0.261. The molecule has 2 rings (SSSR count). The molecule has 0 saturated heterocycles. The molecule has 23 heavy (non-hydrogen) atoms. The predicted molar refractivity (Wildman–Crippen MR) is 94.1 cm³/mol. The largest absolute Gasteiger partial charge is 0.316 e. The highest BCUT2D eigenvalue weighted by atomic mass is 32.1. The van der Waals surface area contributed by atoms with E-state index >= 15 is 0 Å². The lowest BCUT2D eigenvalue weighted by Gasteiger charge is -2.13. The summed E-state index contributed by atoms with van der Waals surface area (Å²) >= 11 is 1.44.